The summed E-state index contributed by atoms with van der Waals surface area (Å²) < 4.78 is 3.60. The summed E-state index contributed by atoms with van der Waals surface area (Å²) in [6.45, 7) is 6.83. The van der Waals surface area contributed by atoms with Crippen molar-refractivity contribution < 1.29 is 0 Å². The molecule has 0 saturated carbocycles. The van der Waals surface area contributed by atoms with Crippen molar-refractivity contribution in [2.24, 2.45) is 0 Å². The quantitative estimate of drug-likeness (QED) is 0.366. The Morgan fingerprint density at radius 2 is 1.84 bits per heavy atom. The van der Waals surface area contributed by atoms with E-state index >= 15 is 0 Å². The third-order valence-electron chi connectivity index (χ3n) is 7.43. The second-order valence-corrected chi connectivity index (χ2v) is 10.5. The van der Waals surface area contributed by atoms with Crippen molar-refractivity contribution in [1.82, 2.24) is 39.2 Å². The number of hydrogen-bond donors (Lipinski definition) is 1. The number of benzene rings is 1. The number of hydrogen-bond acceptors (Lipinski definition) is 6. The van der Waals surface area contributed by atoms with E-state index in [0.717, 1.165) is 54.1 Å². The molecular weight excluding hydrogens is 476 g/mol. The summed E-state index contributed by atoms with van der Waals surface area (Å²) >= 11 is 0. The van der Waals surface area contributed by atoms with Gasteiger partial charge in [-0.2, -0.15) is 5.10 Å². The van der Waals surface area contributed by atoms with Gasteiger partial charge >= 0.3 is 5.69 Å². The first-order chi connectivity index (χ1) is 18.5. The Labute approximate surface area is 221 Å². The first-order valence-electron chi connectivity index (χ1n) is 13.2. The van der Waals surface area contributed by atoms with Gasteiger partial charge in [0, 0.05) is 23.9 Å². The zero-order valence-corrected chi connectivity index (χ0v) is 22.0. The second-order valence-electron chi connectivity index (χ2n) is 10.5. The summed E-state index contributed by atoms with van der Waals surface area (Å²) in [6, 6.07) is 14.2. The molecule has 194 valence electrons. The van der Waals surface area contributed by atoms with Gasteiger partial charge in [0.2, 0.25) is 0 Å². The molecule has 9 nitrogen and oxygen atoms in total. The molecular formula is C29H32N8O. The fourth-order valence-corrected chi connectivity index (χ4v) is 5.23. The van der Waals surface area contributed by atoms with E-state index in [1.807, 2.05) is 47.3 Å². The smallest absolute Gasteiger partial charge is 0.306 e. The molecule has 5 heterocycles. The zero-order chi connectivity index (χ0) is 26.2. The summed E-state index contributed by atoms with van der Waals surface area (Å²) in [6.07, 6.45) is 7.80. The molecule has 1 aliphatic heterocycles. The first-order valence-corrected chi connectivity index (χ1v) is 13.2. The topological polar surface area (TPSA) is 97.5 Å². The highest BCUT2D eigenvalue weighted by Gasteiger charge is 2.21. The van der Waals surface area contributed by atoms with E-state index in [1.165, 1.54) is 0 Å². The van der Waals surface area contributed by atoms with Gasteiger partial charge in [0.05, 0.1) is 29.8 Å². The van der Waals surface area contributed by atoms with Crippen LogP contribution in [-0.2, 0) is 6.54 Å². The minimum atomic E-state index is -0.208. The molecule has 5 aromatic rings. The molecule has 1 saturated heterocycles. The van der Waals surface area contributed by atoms with Crippen molar-refractivity contribution in [2.75, 3.05) is 20.1 Å². The highest BCUT2D eigenvalue weighted by Crippen LogP contribution is 2.27. The Morgan fingerprint density at radius 3 is 2.61 bits per heavy atom. The highest BCUT2D eigenvalue weighted by molar-refractivity contribution is 5.73. The monoisotopic (exact) mass is 508 g/mol. The Balaban J connectivity index is 1.25. The van der Waals surface area contributed by atoms with E-state index in [9.17, 15) is 4.79 Å². The van der Waals surface area contributed by atoms with Crippen LogP contribution in [-0.4, -0.2) is 59.3 Å². The number of nitrogens with zero attached hydrogens (tertiary/aromatic N) is 7. The molecule has 0 amide bonds. The molecule has 0 bridgehead atoms. The Hall–Kier alpha value is -4.11. The maximum absolute atomic E-state index is 12.8. The fourth-order valence-electron chi connectivity index (χ4n) is 5.23. The molecule has 0 aliphatic carbocycles. The molecule has 38 heavy (non-hydrogen) atoms. The van der Waals surface area contributed by atoms with Crippen LogP contribution in [0.1, 0.15) is 55.5 Å². The molecule has 6 rings (SSSR count). The van der Waals surface area contributed by atoms with Crippen molar-refractivity contribution in [3.8, 4) is 17.1 Å². The van der Waals surface area contributed by atoms with Gasteiger partial charge in [0.1, 0.15) is 5.52 Å². The lowest BCUT2D eigenvalue weighted by molar-refractivity contribution is 0.253. The largest absolute Gasteiger partial charge is 0.328 e. The number of rotatable bonds is 6. The summed E-state index contributed by atoms with van der Waals surface area (Å²) in [5.74, 6) is 1.32. The van der Waals surface area contributed by atoms with Crippen molar-refractivity contribution in [3.63, 3.8) is 0 Å². The number of imidazole rings is 1. The van der Waals surface area contributed by atoms with E-state index in [0.29, 0.717) is 29.5 Å². The van der Waals surface area contributed by atoms with Crippen LogP contribution in [0.5, 0.6) is 0 Å². The third-order valence-corrected chi connectivity index (χ3v) is 7.43. The molecule has 1 N–H and O–H groups in total. The Morgan fingerprint density at radius 1 is 1.05 bits per heavy atom. The summed E-state index contributed by atoms with van der Waals surface area (Å²) in [5, 5.41) is 4.86. The van der Waals surface area contributed by atoms with Crippen molar-refractivity contribution >= 4 is 11.2 Å². The number of piperidine rings is 1. The van der Waals surface area contributed by atoms with Crippen molar-refractivity contribution in [1.29, 1.82) is 0 Å². The predicted molar refractivity (Wildman–Crippen MR) is 148 cm³/mol. The third kappa shape index (κ3) is 4.65. The maximum atomic E-state index is 12.8. The van der Waals surface area contributed by atoms with Gasteiger partial charge in [-0.15, -0.1) is 0 Å². The van der Waals surface area contributed by atoms with Crippen LogP contribution in [0.25, 0.3) is 28.2 Å². The lowest BCUT2D eigenvalue weighted by Crippen LogP contribution is -2.29. The number of aromatic amines is 1. The summed E-state index contributed by atoms with van der Waals surface area (Å²) in [4.78, 5) is 31.9. The minimum absolute atomic E-state index is 0.208. The molecule has 4 aromatic heterocycles. The number of likely N-dealkylation sites (tertiary alicyclic amines) is 1. The van der Waals surface area contributed by atoms with Gasteiger partial charge in [-0.1, -0.05) is 26.0 Å². The van der Waals surface area contributed by atoms with Gasteiger partial charge in [-0.25, -0.2) is 19.4 Å². The van der Waals surface area contributed by atoms with Crippen molar-refractivity contribution in [3.05, 3.63) is 88.5 Å². The minimum Gasteiger partial charge on any atom is -0.306 e. The van der Waals surface area contributed by atoms with Crippen LogP contribution in [0, 0.1) is 0 Å². The molecule has 1 fully saturated rings. The Kier molecular flexibility index (Phi) is 6.37. The number of H-pyrrole nitrogens is 1. The number of nitrogens with one attached hydrogen (secondary N) is 1. The predicted octanol–water partition coefficient (Wildman–Crippen LogP) is 4.35. The van der Waals surface area contributed by atoms with Crippen LogP contribution in [0.4, 0.5) is 0 Å². The average molecular weight is 509 g/mol. The summed E-state index contributed by atoms with van der Waals surface area (Å²) in [5.41, 5.74) is 5.97. The second kappa shape index (κ2) is 9.98. The van der Waals surface area contributed by atoms with Crippen molar-refractivity contribution in [2.45, 2.75) is 45.1 Å². The number of pyridine rings is 1. The van der Waals surface area contributed by atoms with Gasteiger partial charge < -0.3 is 9.88 Å². The van der Waals surface area contributed by atoms with Crippen LogP contribution in [0.15, 0.2) is 65.8 Å². The van der Waals surface area contributed by atoms with E-state index in [-0.39, 0.29) is 11.6 Å². The average Bonchev–Trinajstić information content (AvgIpc) is 3.54. The molecule has 9 heteroatoms. The molecule has 0 spiro atoms. The van der Waals surface area contributed by atoms with Crippen LogP contribution < -0.4 is 5.69 Å². The van der Waals surface area contributed by atoms with Gasteiger partial charge in [0.25, 0.3) is 0 Å². The summed E-state index contributed by atoms with van der Waals surface area (Å²) in [7, 11) is 2.18. The Bertz CT molecular complexity index is 1620. The molecule has 0 atom stereocenters. The van der Waals surface area contributed by atoms with Gasteiger partial charge in [-0.05, 0) is 74.8 Å². The van der Waals surface area contributed by atoms with E-state index in [4.69, 9.17) is 10.1 Å². The van der Waals surface area contributed by atoms with E-state index < -0.39 is 0 Å². The van der Waals surface area contributed by atoms with Gasteiger partial charge in [0.15, 0.2) is 11.5 Å². The SMILES string of the molecule is CC(C)c1ncccc1-c1ncc2[nH]c(=O)n(Cc3ccc(-n4ccc(C5CCN(C)CC5)n4)cc3)c2n1. The lowest BCUT2D eigenvalue weighted by atomic mass is 9.94. The zero-order valence-electron chi connectivity index (χ0n) is 22.0. The number of fused-ring (bicyclic) bond motifs is 1. The standard InChI is InChI=1S/C29H32N8O/c1-19(2)26-23(5-4-13-30-26)27-31-17-25-28(33-27)36(29(38)32-25)18-20-6-8-22(9-7-20)37-16-12-24(34-37)21-10-14-35(3)15-11-21/h4-9,12-13,16-17,19,21H,10-11,14-15,18H2,1-3H3,(H,32,38). The van der Waals surface area contributed by atoms with E-state index in [2.05, 4.69) is 46.8 Å². The molecule has 0 radical (unpaired) electrons. The van der Waals surface area contributed by atoms with E-state index in [1.54, 1.807) is 17.0 Å². The highest BCUT2D eigenvalue weighted by atomic mass is 16.1. The van der Waals surface area contributed by atoms with Crippen LogP contribution >= 0.6 is 0 Å². The molecule has 0 unspecified atom stereocenters. The maximum Gasteiger partial charge on any atom is 0.328 e. The fraction of sp³-hybridized carbons (Fsp3) is 0.345. The number of aromatic nitrogens is 7. The normalized spacial score (nSPS) is 15.1. The molecule has 1 aromatic carbocycles. The van der Waals surface area contributed by atoms with Crippen LogP contribution in [0.2, 0.25) is 0 Å². The lowest BCUT2D eigenvalue weighted by Gasteiger charge is -2.27. The van der Waals surface area contributed by atoms with Crippen LogP contribution in [0.3, 0.4) is 0 Å². The first kappa shape index (κ1) is 24.2. The molecule has 1 aliphatic rings. The van der Waals surface area contributed by atoms with Gasteiger partial charge in [-0.3, -0.25) is 9.55 Å².